The number of sulfonamides is 1. The Hall–Kier alpha value is -3.28. The van der Waals surface area contributed by atoms with Crippen molar-refractivity contribution in [2.75, 3.05) is 17.9 Å². The van der Waals surface area contributed by atoms with E-state index in [-0.39, 0.29) is 11.5 Å². The zero-order valence-electron chi connectivity index (χ0n) is 16.6. The van der Waals surface area contributed by atoms with E-state index >= 15 is 0 Å². The molecule has 1 saturated heterocycles. The molecule has 1 atom stereocenters. The third-order valence-corrected chi connectivity index (χ3v) is 6.71. The van der Waals surface area contributed by atoms with Gasteiger partial charge in [-0.05, 0) is 23.8 Å². The lowest BCUT2D eigenvalue weighted by molar-refractivity contribution is 0.0231. The Labute approximate surface area is 178 Å². The number of hydrogen-bond donors (Lipinski definition) is 2. The molecule has 160 valence electrons. The third kappa shape index (κ3) is 3.46. The maximum atomic E-state index is 13.0. The number of aliphatic hydroxyl groups is 1. The van der Waals surface area contributed by atoms with Crippen LogP contribution in [0.2, 0.25) is 0 Å². The van der Waals surface area contributed by atoms with Crippen molar-refractivity contribution in [2.24, 2.45) is 7.05 Å². The van der Waals surface area contributed by atoms with E-state index in [9.17, 15) is 13.5 Å². The molecule has 1 aliphatic rings. The number of aryl methyl sites for hydroxylation is 1. The molecule has 0 saturated carbocycles. The molecule has 2 N–H and O–H groups in total. The van der Waals surface area contributed by atoms with Crippen LogP contribution in [-0.2, 0) is 27.4 Å². The standard InChI is InChI=1S/C20H20N6O4S/c1-25-19-14(10-22-25)3-2-4-17(19)24-31(28,29)16-11-23-26(12-16)18-9-15(5-7-21-18)20(27)6-8-30-13-20/h2-5,7,9-12,24,27H,6,8,13H2,1H3/t20-/m1/s1. The summed E-state index contributed by atoms with van der Waals surface area (Å²) in [4.78, 5) is 4.25. The number of benzene rings is 1. The highest BCUT2D eigenvalue weighted by Crippen LogP contribution is 2.31. The molecule has 5 rings (SSSR count). The van der Waals surface area contributed by atoms with Crippen molar-refractivity contribution in [2.45, 2.75) is 16.9 Å². The first kappa shape index (κ1) is 19.7. The van der Waals surface area contributed by atoms with Gasteiger partial charge in [0.15, 0.2) is 5.82 Å². The zero-order chi connectivity index (χ0) is 21.6. The molecule has 0 radical (unpaired) electrons. The fourth-order valence-electron chi connectivity index (χ4n) is 3.70. The summed E-state index contributed by atoms with van der Waals surface area (Å²) in [6, 6.07) is 8.71. The van der Waals surface area contributed by atoms with Crippen molar-refractivity contribution >= 4 is 26.6 Å². The molecular weight excluding hydrogens is 420 g/mol. The van der Waals surface area contributed by atoms with Crippen molar-refractivity contribution in [3.63, 3.8) is 0 Å². The zero-order valence-corrected chi connectivity index (χ0v) is 17.5. The number of para-hydroxylation sites is 1. The topological polar surface area (TPSA) is 124 Å². The summed E-state index contributed by atoms with van der Waals surface area (Å²) in [5, 5.41) is 19.9. The van der Waals surface area contributed by atoms with Gasteiger partial charge in [0.25, 0.3) is 10.0 Å². The number of fused-ring (bicyclic) bond motifs is 1. The Balaban J connectivity index is 1.46. The maximum absolute atomic E-state index is 13.0. The SMILES string of the molecule is Cn1ncc2cccc(NS(=O)(=O)c3cnn(-c4cc([C@@]5(O)CCOC5)ccn4)c3)c21. The molecule has 1 fully saturated rings. The van der Waals surface area contributed by atoms with Gasteiger partial charge in [0.1, 0.15) is 10.5 Å². The van der Waals surface area contributed by atoms with Crippen molar-refractivity contribution in [1.82, 2.24) is 24.5 Å². The quantitative estimate of drug-likeness (QED) is 0.483. The second-order valence-corrected chi connectivity index (χ2v) is 9.16. The number of nitrogens with one attached hydrogen (secondary N) is 1. The lowest BCUT2D eigenvalue weighted by Gasteiger charge is -2.21. The van der Waals surface area contributed by atoms with Gasteiger partial charge in [-0.3, -0.25) is 9.40 Å². The Morgan fingerprint density at radius 1 is 1.23 bits per heavy atom. The fraction of sp³-hybridized carbons (Fsp3) is 0.250. The number of rotatable bonds is 5. The first-order valence-corrected chi connectivity index (χ1v) is 11.1. The monoisotopic (exact) mass is 440 g/mol. The molecule has 0 spiro atoms. The van der Waals surface area contributed by atoms with E-state index in [0.29, 0.717) is 35.6 Å². The van der Waals surface area contributed by atoms with Gasteiger partial charge >= 0.3 is 0 Å². The lowest BCUT2D eigenvalue weighted by atomic mass is 9.94. The number of hydrogen-bond acceptors (Lipinski definition) is 7. The highest BCUT2D eigenvalue weighted by atomic mass is 32.2. The minimum atomic E-state index is -3.90. The molecule has 1 aromatic carbocycles. The number of ether oxygens (including phenoxy) is 1. The summed E-state index contributed by atoms with van der Waals surface area (Å²) >= 11 is 0. The summed E-state index contributed by atoms with van der Waals surface area (Å²) in [6.07, 6.45) is 6.35. The van der Waals surface area contributed by atoms with Crippen LogP contribution in [0.15, 0.2) is 60.0 Å². The van der Waals surface area contributed by atoms with Gasteiger partial charge in [0.2, 0.25) is 0 Å². The van der Waals surface area contributed by atoms with Gasteiger partial charge in [0.05, 0.1) is 36.4 Å². The van der Waals surface area contributed by atoms with Crippen LogP contribution < -0.4 is 4.72 Å². The Bertz CT molecular complexity index is 1370. The lowest BCUT2D eigenvalue weighted by Crippen LogP contribution is -2.25. The van der Waals surface area contributed by atoms with Gasteiger partial charge in [-0.2, -0.15) is 10.2 Å². The molecule has 0 unspecified atom stereocenters. The maximum Gasteiger partial charge on any atom is 0.265 e. The minimum absolute atomic E-state index is 0.0122. The highest BCUT2D eigenvalue weighted by molar-refractivity contribution is 7.92. The molecule has 1 aliphatic heterocycles. The van der Waals surface area contributed by atoms with E-state index in [4.69, 9.17) is 4.74 Å². The van der Waals surface area contributed by atoms with E-state index in [2.05, 4.69) is 19.9 Å². The predicted molar refractivity (Wildman–Crippen MR) is 112 cm³/mol. The van der Waals surface area contributed by atoms with E-state index in [0.717, 1.165) is 5.39 Å². The number of anilines is 1. The van der Waals surface area contributed by atoms with Crippen LogP contribution in [0.3, 0.4) is 0 Å². The third-order valence-electron chi connectivity index (χ3n) is 5.39. The van der Waals surface area contributed by atoms with Gasteiger partial charge in [-0.1, -0.05) is 12.1 Å². The Morgan fingerprint density at radius 2 is 2.10 bits per heavy atom. The summed E-state index contributed by atoms with van der Waals surface area (Å²) < 4.78 is 36.9. The van der Waals surface area contributed by atoms with Crippen molar-refractivity contribution in [3.05, 3.63) is 60.7 Å². The number of aromatic nitrogens is 5. The van der Waals surface area contributed by atoms with E-state index in [1.165, 1.54) is 17.1 Å². The van der Waals surface area contributed by atoms with Crippen LogP contribution in [0.5, 0.6) is 0 Å². The smallest absolute Gasteiger partial charge is 0.265 e. The predicted octanol–water partition coefficient (Wildman–Crippen LogP) is 1.56. The van der Waals surface area contributed by atoms with E-state index in [1.54, 1.807) is 48.4 Å². The summed E-state index contributed by atoms with van der Waals surface area (Å²) in [5.41, 5.74) is 0.674. The summed E-state index contributed by atoms with van der Waals surface area (Å²) in [6.45, 7) is 0.687. The molecule has 10 nitrogen and oxygen atoms in total. The van der Waals surface area contributed by atoms with Crippen LogP contribution in [0.1, 0.15) is 12.0 Å². The largest absolute Gasteiger partial charge is 0.383 e. The van der Waals surface area contributed by atoms with Crippen LogP contribution in [-0.4, -0.2) is 51.3 Å². The molecule has 31 heavy (non-hydrogen) atoms. The first-order chi connectivity index (χ1) is 14.9. The van der Waals surface area contributed by atoms with Crippen molar-refractivity contribution < 1.29 is 18.3 Å². The van der Waals surface area contributed by atoms with Gasteiger partial charge in [-0.15, -0.1) is 0 Å². The Kier molecular flexibility index (Phi) is 4.54. The number of nitrogens with zero attached hydrogens (tertiary/aromatic N) is 5. The average molecular weight is 440 g/mol. The fourth-order valence-corrected chi connectivity index (χ4v) is 4.70. The van der Waals surface area contributed by atoms with Gasteiger partial charge in [0, 0.05) is 31.7 Å². The molecule has 0 bridgehead atoms. The van der Waals surface area contributed by atoms with Crippen LogP contribution in [0.25, 0.3) is 16.7 Å². The van der Waals surface area contributed by atoms with Crippen LogP contribution in [0, 0.1) is 0 Å². The second kappa shape index (κ2) is 7.15. The molecule has 11 heteroatoms. The van der Waals surface area contributed by atoms with Crippen molar-refractivity contribution in [3.8, 4) is 5.82 Å². The summed E-state index contributed by atoms with van der Waals surface area (Å²) in [5.74, 6) is 0.396. The first-order valence-electron chi connectivity index (χ1n) is 9.61. The summed E-state index contributed by atoms with van der Waals surface area (Å²) in [7, 11) is -2.15. The van der Waals surface area contributed by atoms with Crippen molar-refractivity contribution in [1.29, 1.82) is 0 Å². The van der Waals surface area contributed by atoms with Gasteiger partial charge in [-0.25, -0.2) is 18.1 Å². The highest BCUT2D eigenvalue weighted by Gasteiger charge is 2.34. The van der Waals surface area contributed by atoms with E-state index in [1.807, 2.05) is 6.07 Å². The minimum Gasteiger partial charge on any atom is -0.383 e. The molecule has 4 aromatic rings. The molecule has 3 aromatic heterocycles. The van der Waals surface area contributed by atoms with E-state index < -0.39 is 15.6 Å². The van der Waals surface area contributed by atoms with Gasteiger partial charge < -0.3 is 9.84 Å². The Morgan fingerprint density at radius 3 is 2.90 bits per heavy atom. The average Bonchev–Trinajstić information content (AvgIpc) is 3.49. The molecular formula is C20H20N6O4S. The molecule has 4 heterocycles. The second-order valence-electron chi connectivity index (χ2n) is 7.47. The molecule has 0 aliphatic carbocycles. The van der Waals surface area contributed by atoms with Crippen LogP contribution >= 0.6 is 0 Å². The molecule has 0 amide bonds. The normalized spacial score (nSPS) is 19.2. The number of pyridine rings is 1. The van der Waals surface area contributed by atoms with Crippen LogP contribution in [0.4, 0.5) is 5.69 Å².